The number of nitrogens with one attached hydrogen (secondary N) is 1. The lowest BCUT2D eigenvalue weighted by Crippen LogP contribution is -2.15. The normalized spacial score (nSPS) is 10.3. The molecule has 0 spiro atoms. The van der Waals surface area contributed by atoms with Crippen LogP contribution < -0.4 is 10.1 Å². The number of esters is 1. The molecule has 6 heteroatoms. The Kier molecular flexibility index (Phi) is 6.87. The highest BCUT2D eigenvalue weighted by atomic mass is 35.5. The van der Waals surface area contributed by atoms with Gasteiger partial charge in [0.2, 0.25) is 0 Å². The first kappa shape index (κ1) is 20.4. The number of amides is 1. The van der Waals surface area contributed by atoms with Crippen LogP contribution >= 0.6 is 11.6 Å². The Labute approximate surface area is 174 Å². The first-order chi connectivity index (χ1) is 14.1. The summed E-state index contributed by atoms with van der Waals surface area (Å²) in [6.07, 6.45) is 0. The molecule has 0 aliphatic rings. The topological polar surface area (TPSA) is 64.6 Å². The Morgan fingerprint density at radius 3 is 2.34 bits per heavy atom. The van der Waals surface area contributed by atoms with Gasteiger partial charge in [-0.05, 0) is 49.4 Å². The van der Waals surface area contributed by atoms with Gasteiger partial charge in [0.1, 0.15) is 12.4 Å². The second-order valence-corrected chi connectivity index (χ2v) is 6.53. The maximum absolute atomic E-state index is 12.6. The van der Waals surface area contributed by atoms with Crippen LogP contribution in [0.1, 0.15) is 33.2 Å². The lowest BCUT2D eigenvalue weighted by molar-refractivity contribution is 0.0527. The second kappa shape index (κ2) is 9.75. The van der Waals surface area contributed by atoms with Crippen molar-refractivity contribution in [3.8, 4) is 5.75 Å². The zero-order valence-electron chi connectivity index (χ0n) is 15.9. The summed E-state index contributed by atoms with van der Waals surface area (Å²) in [5, 5.41) is 3.40. The smallest absolute Gasteiger partial charge is 0.340 e. The van der Waals surface area contributed by atoms with Crippen molar-refractivity contribution in [2.45, 2.75) is 13.5 Å². The highest BCUT2D eigenvalue weighted by Crippen LogP contribution is 2.21. The molecule has 0 fully saturated rings. The summed E-state index contributed by atoms with van der Waals surface area (Å²) in [6.45, 7) is 2.32. The van der Waals surface area contributed by atoms with E-state index < -0.39 is 5.97 Å². The van der Waals surface area contributed by atoms with E-state index in [-0.39, 0.29) is 12.5 Å². The zero-order valence-corrected chi connectivity index (χ0v) is 16.6. The van der Waals surface area contributed by atoms with Gasteiger partial charge in [0.05, 0.1) is 17.9 Å². The first-order valence-electron chi connectivity index (χ1n) is 9.12. The van der Waals surface area contributed by atoms with Crippen LogP contribution in [0.25, 0.3) is 0 Å². The molecule has 0 radical (unpaired) electrons. The van der Waals surface area contributed by atoms with Crippen molar-refractivity contribution in [3.05, 3.63) is 94.5 Å². The largest absolute Gasteiger partial charge is 0.489 e. The van der Waals surface area contributed by atoms with Gasteiger partial charge < -0.3 is 14.8 Å². The van der Waals surface area contributed by atoms with Crippen molar-refractivity contribution < 1.29 is 19.1 Å². The van der Waals surface area contributed by atoms with Crippen molar-refractivity contribution in [1.82, 2.24) is 0 Å². The van der Waals surface area contributed by atoms with Gasteiger partial charge in [-0.2, -0.15) is 0 Å². The molecular weight excluding hydrogens is 390 g/mol. The van der Waals surface area contributed by atoms with Gasteiger partial charge in [-0.3, -0.25) is 4.79 Å². The average molecular weight is 410 g/mol. The molecule has 0 heterocycles. The molecule has 0 saturated heterocycles. The molecule has 0 aliphatic carbocycles. The molecule has 0 saturated carbocycles. The molecule has 0 aliphatic heterocycles. The molecule has 0 aromatic heterocycles. The third-order valence-corrected chi connectivity index (χ3v) is 4.51. The van der Waals surface area contributed by atoms with E-state index in [2.05, 4.69) is 5.32 Å². The molecule has 3 rings (SSSR count). The summed E-state index contributed by atoms with van der Waals surface area (Å²) in [6, 6.07) is 20.9. The van der Waals surface area contributed by atoms with E-state index in [0.717, 1.165) is 5.56 Å². The van der Waals surface area contributed by atoms with Gasteiger partial charge in [-0.15, -0.1) is 0 Å². The van der Waals surface area contributed by atoms with Gasteiger partial charge in [0.25, 0.3) is 5.91 Å². The molecule has 148 valence electrons. The number of benzene rings is 3. The minimum absolute atomic E-state index is 0.261. The first-order valence-corrected chi connectivity index (χ1v) is 9.50. The van der Waals surface area contributed by atoms with E-state index in [1.165, 1.54) is 0 Å². The summed E-state index contributed by atoms with van der Waals surface area (Å²) < 4.78 is 10.8. The fourth-order valence-corrected chi connectivity index (χ4v) is 2.84. The number of hydrogen-bond acceptors (Lipinski definition) is 4. The van der Waals surface area contributed by atoms with Crippen LogP contribution in [-0.4, -0.2) is 18.5 Å². The SMILES string of the molecule is CCOC(=O)c1ccccc1NC(=O)c1ccc(OCc2ccccc2Cl)cc1. The summed E-state index contributed by atoms with van der Waals surface area (Å²) in [5.41, 5.74) is 2.03. The van der Waals surface area contributed by atoms with Crippen molar-refractivity contribution in [1.29, 1.82) is 0 Å². The van der Waals surface area contributed by atoms with E-state index in [1.54, 1.807) is 55.5 Å². The molecule has 0 atom stereocenters. The van der Waals surface area contributed by atoms with Crippen LogP contribution in [0.3, 0.4) is 0 Å². The van der Waals surface area contributed by atoms with E-state index in [4.69, 9.17) is 21.1 Å². The van der Waals surface area contributed by atoms with Crippen LogP contribution in [0.4, 0.5) is 5.69 Å². The number of ether oxygens (including phenoxy) is 2. The lowest BCUT2D eigenvalue weighted by Gasteiger charge is -2.11. The van der Waals surface area contributed by atoms with Crippen LogP contribution in [-0.2, 0) is 11.3 Å². The van der Waals surface area contributed by atoms with E-state index in [9.17, 15) is 9.59 Å². The Balaban J connectivity index is 1.65. The fraction of sp³-hybridized carbons (Fsp3) is 0.130. The minimum Gasteiger partial charge on any atom is -0.489 e. The third-order valence-electron chi connectivity index (χ3n) is 4.14. The number of para-hydroxylation sites is 1. The van der Waals surface area contributed by atoms with Crippen LogP contribution in [0, 0.1) is 0 Å². The van der Waals surface area contributed by atoms with Gasteiger partial charge in [-0.1, -0.05) is 41.9 Å². The number of hydrogen-bond donors (Lipinski definition) is 1. The third kappa shape index (κ3) is 5.36. The van der Waals surface area contributed by atoms with Crippen molar-refractivity contribution in [2.24, 2.45) is 0 Å². The maximum Gasteiger partial charge on any atom is 0.340 e. The standard InChI is InChI=1S/C23H20ClNO4/c1-2-28-23(27)19-8-4-6-10-21(19)25-22(26)16-11-13-18(14-12-16)29-15-17-7-3-5-9-20(17)24/h3-14H,2,15H2,1H3,(H,25,26). The molecule has 3 aromatic carbocycles. The van der Waals surface area contributed by atoms with Crippen molar-refractivity contribution in [2.75, 3.05) is 11.9 Å². The predicted octanol–water partition coefficient (Wildman–Crippen LogP) is 5.35. The molecule has 0 bridgehead atoms. The van der Waals surface area contributed by atoms with Crippen LogP contribution in [0.5, 0.6) is 5.75 Å². The maximum atomic E-state index is 12.6. The Hall–Kier alpha value is -3.31. The van der Waals surface area contributed by atoms with Crippen molar-refractivity contribution >= 4 is 29.2 Å². The number of halogens is 1. The molecule has 5 nitrogen and oxygen atoms in total. The van der Waals surface area contributed by atoms with Crippen molar-refractivity contribution in [3.63, 3.8) is 0 Å². The molecule has 3 aromatic rings. The monoisotopic (exact) mass is 409 g/mol. The molecule has 29 heavy (non-hydrogen) atoms. The Morgan fingerprint density at radius 1 is 0.931 bits per heavy atom. The summed E-state index contributed by atoms with van der Waals surface area (Å²) in [5.74, 6) is -0.195. The summed E-state index contributed by atoms with van der Waals surface area (Å²) in [7, 11) is 0. The van der Waals surface area contributed by atoms with Gasteiger partial charge in [0.15, 0.2) is 0 Å². The van der Waals surface area contributed by atoms with E-state index >= 15 is 0 Å². The molecule has 1 amide bonds. The summed E-state index contributed by atoms with van der Waals surface area (Å²) >= 11 is 6.12. The van der Waals surface area contributed by atoms with Crippen LogP contribution in [0.2, 0.25) is 5.02 Å². The molecule has 0 unspecified atom stereocenters. The van der Waals surface area contributed by atoms with Gasteiger partial charge >= 0.3 is 5.97 Å². The van der Waals surface area contributed by atoms with E-state index in [0.29, 0.717) is 34.2 Å². The quantitative estimate of drug-likeness (QED) is 0.534. The van der Waals surface area contributed by atoms with E-state index in [1.807, 2.05) is 24.3 Å². The Bertz CT molecular complexity index is 1000. The number of carbonyl (C=O) groups excluding carboxylic acids is 2. The second-order valence-electron chi connectivity index (χ2n) is 6.12. The molecular formula is C23H20ClNO4. The summed E-state index contributed by atoms with van der Waals surface area (Å²) in [4.78, 5) is 24.6. The van der Waals surface area contributed by atoms with Crippen LogP contribution in [0.15, 0.2) is 72.8 Å². The number of anilines is 1. The number of rotatable bonds is 7. The average Bonchev–Trinajstić information content (AvgIpc) is 2.74. The number of carbonyl (C=O) groups is 2. The predicted molar refractivity (Wildman–Crippen MR) is 113 cm³/mol. The lowest BCUT2D eigenvalue weighted by atomic mass is 10.1. The minimum atomic E-state index is -0.480. The Morgan fingerprint density at radius 2 is 1.62 bits per heavy atom. The highest BCUT2D eigenvalue weighted by molar-refractivity contribution is 6.31. The van der Waals surface area contributed by atoms with Gasteiger partial charge in [-0.25, -0.2) is 4.79 Å². The highest BCUT2D eigenvalue weighted by Gasteiger charge is 2.15. The zero-order chi connectivity index (χ0) is 20.6. The van der Waals surface area contributed by atoms with Gasteiger partial charge in [0, 0.05) is 16.1 Å². The fourth-order valence-electron chi connectivity index (χ4n) is 2.65. The molecule has 1 N–H and O–H groups in total.